The number of hydrogen-bond donors (Lipinski definition) is 0. The molecule has 1 aromatic rings. The first-order valence-corrected chi connectivity index (χ1v) is 4.98. The minimum Gasteiger partial charge on any atom is -0.469 e. The van der Waals surface area contributed by atoms with Crippen molar-refractivity contribution >= 4 is 5.91 Å². The van der Waals surface area contributed by atoms with Crippen molar-refractivity contribution in [3.8, 4) is 6.07 Å². The second-order valence-corrected chi connectivity index (χ2v) is 3.68. The Morgan fingerprint density at radius 1 is 1.73 bits per heavy atom. The molecule has 4 nitrogen and oxygen atoms in total. The van der Waals surface area contributed by atoms with Crippen molar-refractivity contribution < 1.29 is 9.21 Å². The Labute approximate surface area is 88.1 Å². The first kappa shape index (κ1) is 9.78. The van der Waals surface area contributed by atoms with Crippen LogP contribution in [0.2, 0.25) is 0 Å². The molecule has 1 atom stereocenters. The van der Waals surface area contributed by atoms with Gasteiger partial charge in [-0.25, -0.2) is 0 Å². The minimum atomic E-state index is -0.271. The van der Waals surface area contributed by atoms with Gasteiger partial charge in [0.25, 0.3) is 5.91 Å². The van der Waals surface area contributed by atoms with E-state index < -0.39 is 0 Å². The van der Waals surface area contributed by atoms with Crippen molar-refractivity contribution in [3.63, 3.8) is 0 Å². The van der Waals surface area contributed by atoms with E-state index in [4.69, 9.17) is 9.68 Å². The summed E-state index contributed by atoms with van der Waals surface area (Å²) in [5.74, 6) is 0.522. The number of rotatable bonds is 1. The van der Waals surface area contributed by atoms with Gasteiger partial charge in [0.2, 0.25) is 0 Å². The van der Waals surface area contributed by atoms with E-state index in [2.05, 4.69) is 6.07 Å². The smallest absolute Gasteiger partial charge is 0.258 e. The van der Waals surface area contributed by atoms with Gasteiger partial charge >= 0.3 is 0 Å². The summed E-state index contributed by atoms with van der Waals surface area (Å²) in [7, 11) is 0. The van der Waals surface area contributed by atoms with E-state index in [9.17, 15) is 4.79 Å². The van der Waals surface area contributed by atoms with E-state index in [1.807, 2.05) is 0 Å². The second kappa shape index (κ2) is 3.77. The van der Waals surface area contributed by atoms with Crippen LogP contribution < -0.4 is 0 Å². The lowest BCUT2D eigenvalue weighted by Gasteiger charge is -2.18. The van der Waals surface area contributed by atoms with Crippen molar-refractivity contribution in [2.45, 2.75) is 25.8 Å². The Balaban J connectivity index is 2.22. The van der Waals surface area contributed by atoms with Gasteiger partial charge in [-0.2, -0.15) is 5.26 Å². The lowest BCUT2D eigenvalue weighted by atomic mass is 10.2. The van der Waals surface area contributed by atoms with Crippen LogP contribution in [0.25, 0.3) is 0 Å². The summed E-state index contributed by atoms with van der Waals surface area (Å²) >= 11 is 0. The minimum absolute atomic E-state index is 0.0923. The number of carbonyl (C=O) groups is 1. The summed E-state index contributed by atoms with van der Waals surface area (Å²) in [6, 6.07) is 3.54. The van der Waals surface area contributed by atoms with Crippen LogP contribution >= 0.6 is 0 Å². The summed E-state index contributed by atoms with van der Waals surface area (Å²) in [6.07, 6.45) is 3.18. The van der Waals surface area contributed by atoms with Gasteiger partial charge in [-0.05, 0) is 25.8 Å². The number of carbonyl (C=O) groups excluding carboxylic acids is 1. The molecule has 1 fully saturated rings. The summed E-state index contributed by atoms with van der Waals surface area (Å²) in [5, 5.41) is 8.88. The summed E-state index contributed by atoms with van der Waals surface area (Å²) in [5.41, 5.74) is 0.567. The third-order valence-corrected chi connectivity index (χ3v) is 2.75. The molecule has 0 saturated carbocycles. The number of furan rings is 1. The van der Waals surface area contributed by atoms with E-state index in [0.29, 0.717) is 17.9 Å². The molecule has 0 aliphatic carbocycles. The average Bonchev–Trinajstić information content (AvgIpc) is 2.84. The Morgan fingerprint density at radius 3 is 3.13 bits per heavy atom. The molecule has 0 spiro atoms. The molecule has 1 aliphatic heterocycles. The number of hydrogen-bond acceptors (Lipinski definition) is 3. The molecule has 78 valence electrons. The third-order valence-electron chi connectivity index (χ3n) is 2.75. The van der Waals surface area contributed by atoms with E-state index >= 15 is 0 Å². The van der Waals surface area contributed by atoms with Crippen LogP contribution in [0.5, 0.6) is 0 Å². The van der Waals surface area contributed by atoms with Crippen molar-refractivity contribution in [2.75, 3.05) is 6.54 Å². The largest absolute Gasteiger partial charge is 0.469 e. The zero-order valence-corrected chi connectivity index (χ0v) is 8.56. The summed E-state index contributed by atoms with van der Waals surface area (Å²) in [6.45, 7) is 2.42. The van der Waals surface area contributed by atoms with Crippen LogP contribution in [0, 0.1) is 18.3 Å². The van der Waals surface area contributed by atoms with Crippen molar-refractivity contribution in [1.82, 2.24) is 4.90 Å². The molecule has 0 aromatic carbocycles. The predicted molar refractivity (Wildman–Crippen MR) is 53.1 cm³/mol. The third kappa shape index (κ3) is 1.61. The first-order valence-electron chi connectivity index (χ1n) is 4.98. The van der Waals surface area contributed by atoms with Crippen molar-refractivity contribution in [2.24, 2.45) is 0 Å². The maximum absolute atomic E-state index is 12.0. The molecule has 0 N–H and O–H groups in total. The van der Waals surface area contributed by atoms with Gasteiger partial charge < -0.3 is 9.32 Å². The highest BCUT2D eigenvalue weighted by Crippen LogP contribution is 2.21. The van der Waals surface area contributed by atoms with E-state index in [0.717, 1.165) is 12.8 Å². The Bertz CT molecular complexity index is 416. The van der Waals surface area contributed by atoms with Gasteiger partial charge in [0.15, 0.2) is 0 Å². The lowest BCUT2D eigenvalue weighted by molar-refractivity contribution is 0.0763. The SMILES string of the molecule is Cc1occc1C(=O)N1CCCC1C#N. The molecular weight excluding hydrogens is 192 g/mol. The molecule has 1 amide bonds. The van der Waals surface area contributed by atoms with Gasteiger partial charge in [0.1, 0.15) is 11.8 Å². The van der Waals surface area contributed by atoms with Gasteiger partial charge in [-0.1, -0.05) is 0 Å². The topological polar surface area (TPSA) is 57.2 Å². The van der Waals surface area contributed by atoms with Crippen LogP contribution in [-0.4, -0.2) is 23.4 Å². The second-order valence-electron chi connectivity index (χ2n) is 3.68. The maximum Gasteiger partial charge on any atom is 0.258 e. The molecule has 1 aliphatic rings. The average molecular weight is 204 g/mol. The quantitative estimate of drug-likeness (QED) is 0.699. The maximum atomic E-state index is 12.0. The highest BCUT2D eigenvalue weighted by molar-refractivity contribution is 5.95. The van der Waals surface area contributed by atoms with Crippen LogP contribution in [0.3, 0.4) is 0 Å². The Morgan fingerprint density at radius 2 is 2.53 bits per heavy atom. The van der Waals surface area contributed by atoms with Crippen LogP contribution in [0.15, 0.2) is 16.7 Å². The van der Waals surface area contributed by atoms with Crippen molar-refractivity contribution in [3.05, 3.63) is 23.7 Å². The molecule has 2 heterocycles. The van der Waals surface area contributed by atoms with Gasteiger partial charge in [0, 0.05) is 6.54 Å². The fourth-order valence-corrected chi connectivity index (χ4v) is 1.91. The first-order chi connectivity index (χ1) is 7.24. The normalized spacial score (nSPS) is 20.3. The molecule has 4 heteroatoms. The molecule has 2 rings (SSSR count). The molecule has 0 radical (unpaired) electrons. The fourth-order valence-electron chi connectivity index (χ4n) is 1.91. The highest BCUT2D eigenvalue weighted by Gasteiger charge is 2.30. The highest BCUT2D eigenvalue weighted by atomic mass is 16.3. The van der Waals surface area contributed by atoms with E-state index in [1.165, 1.54) is 6.26 Å². The fraction of sp³-hybridized carbons (Fsp3) is 0.455. The van der Waals surface area contributed by atoms with Gasteiger partial charge in [0.05, 0.1) is 17.9 Å². The molecule has 1 unspecified atom stereocenters. The molecule has 1 aromatic heterocycles. The standard InChI is InChI=1S/C11H12N2O2/c1-8-10(4-6-15-8)11(14)13-5-2-3-9(13)7-12/h4,6,9H,2-3,5H2,1H3. The van der Waals surface area contributed by atoms with Crippen LogP contribution in [-0.2, 0) is 0 Å². The van der Waals surface area contributed by atoms with Crippen LogP contribution in [0.1, 0.15) is 29.0 Å². The van der Waals surface area contributed by atoms with Crippen molar-refractivity contribution in [1.29, 1.82) is 5.26 Å². The zero-order chi connectivity index (χ0) is 10.8. The Hall–Kier alpha value is -1.76. The number of nitriles is 1. The van der Waals surface area contributed by atoms with E-state index in [1.54, 1.807) is 17.9 Å². The zero-order valence-electron chi connectivity index (χ0n) is 8.56. The number of nitrogens with zero attached hydrogens (tertiary/aromatic N) is 2. The number of aryl methyl sites for hydroxylation is 1. The number of likely N-dealkylation sites (tertiary alicyclic amines) is 1. The summed E-state index contributed by atoms with van der Waals surface area (Å²) in [4.78, 5) is 13.6. The molecular formula is C11H12N2O2. The summed E-state index contributed by atoms with van der Waals surface area (Å²) < 4.78 is 5.08. The Kier molecular flexibility index (Phi) is 2.46. The molecule has 0 bridgehead atoms. The van der Waals surface area contributed by atoms with E-state index in [-0.39, 0.29) is 11.9 Å². The van der Waals surface area contributed by atoms with Gasteiger partial charge in [-0.15, -0.1) is 0 Å². The molecule has 15 heavy (non-hydrogen) atoms. The monoisotopic (exact) mass is 204 g/mol. The van der Waals surface area contributed by atoms with Crippen LogP contribution in [0.4, 0.5) is 0 Å². The lowest BCUT2D eigenvalue weighted by Crippen LogP contribution is -2.34. The molecule has 1 saturated heterocycles. The number of amides is 1. The predicted octanol–water partition coefficient (Wildman–Crippen LogP) is 1.72. The van der Waals surface area contributed by atoms with Gasteiger partial charge in [-0.3, -0.25) is 4.79 Å².